The molecule has 2 aromatic rings. The lowest BCUT2D eigenvalue weighted by atomic mass is 10.1. The normalized spacial score (nSPS) is 10.6. The Labute approximate surface area is 110 Å². The molecule has 0 aliphatic heterocycles. The number of nitrogens with zero attached hydrogens (tertiary/aromatic N) is 1. The fourth-order valence-corrected chi connectivity index (χ4v) is 2.29. The van der Waals surface area contributed by atoms with Gasteiger partial charge < -0.3 is 0 Å². The van der Waals surface area contributed by atoms with E-state index in [-0.39, 0.29) is 0 Å². The molecule has 0 amide bonds. The van der Waals surface area contributed by atoms with Crippen molar-refractivity contribution in [2.75, 3.05) is 0 Å². The zero-order chi connectivity index (χ0) is 12.8. The molecule has 1 heteroatoms. The summed E-state index contributed by atoms with van der Waals surface area (Å²) in [4.78, 5) is 4.88. The van der Waals surface area contributed by atoms with Gasteiger partial charge >= 0.3 is 0 Å². The third-order valence-electron chi connectivity index (χ3n) is 3.12. The number of hydrogen-bond donors (Lipinski definition) is 0. The summed E-state index contributed by atoms with van der Waals surface area (Å²) in [5.41, 5.74) is 2.45. The summed E-state index contributed by atoms with van der Waals surface area (Å²) >= 11 is 0. The van der Waals surface area contributed by atoms with Gasteiger partial charge in [-0.15, -0.1) is 0 Å². The first-order chi connectivity index (χ1) is 8.85. The summed E-state index contributed by atoms with van der Waals surface area (Å²) in [6.07, 6.45) is 4.56. The summed E-state index contributed by atoms with van der Waals surface area (Å²) in [6.45, 7) is 4.43. The Balaban J connectivity index is 2.43. The average molecular weight is 239 g/mol. The van der Waals surface area contributed by atoms with Crippen molar-refractivity contribution in [3.05, 3.63) is 42.5 Å². The first-order valence-corrected chi connectivity index (χ1v) is 6.89. The molecule has 0 heterocycles. The van der Waals surface area contributed by atoms with Crippen molar-refractivity contribution in [3.63, 3.8) is 0 Å². The van der Waals surface area contributed by atoms with Crippen LogP contribution >= 0.6 is 0 Å². The first-order valence-electron chi connectivity index (χ1n) is 6.89. The minimum atomic E-state index is 1.11. The van der Waals surface area contributed by atoms with Crippen LogP contribution in [0.5, 0.6) is 0 Å². The molecule has 0 fully saturated rings. The number of aliphatic imine (C=N–C) groups is 1. The SMILES string of the molecule is CCCC(CCC)=Nc1cccc2ccccc12. The van der Waals surface area contributed by atoms with E-state index in [2.05, 4.69) is 56.3 Å². The molecule has 0 aliphatic carbocycles. The van der Waals surface area contributed by atoms with Crippen LogP contribution in [-0.2, 0) is 0 Å². The van der Waals surface area contributed by atoms with Gasteiger partial charge in [-0.25, -0.2) is 0 Å². The highest BCUT2D eigenvalue weighted by Gasteiger charge is 2.01. The predicted molar refractivity (Wildman–Crippen MR) is 80.9 cm³/mol. The molecule has 0 atom stereocenters. The van der Waals surface area contributed by atoms with Gasteiger partial charge in [0.25, 0.3) is 0 Å². The molecule has 0 radical (unpaired) electrons. The van der Waals surface area contributed by atoms with Gasteiger partial charge in [-0.05, 0) is 24.3 Å². The number of hydrogen-bond acceptors (Lipinski definition) is 1. The Morgan fingerprint density at radius 3 is 2.28 bits per heavy atom. The van der Waals surface area contributed by atoms with Gasteiger partial charge in [0.05, 0.1) is 5.69 Å². The van der Waals surface area contributed by atoms with Gasteiger partial charge in [0, 0.05) is 11.1 Å². The molecule has 0 unspecified atom stereocenters. The van der Waals surface area contributed by atoms with Gasteiger partial charge in [0.15, 0.2) is 0 Å². The van der Waals surface area contributed by atoms with Crippen LogP contribution in [0.4, 0.5) is 5.69 Å². The summed E-state index contributed by atoms with van der Waals surface area (Å²) in [5.74, 6) is 0. The molecule has 2 rings (SSSR count). The van der Waals surface area contributed by atoms with E-state index in [1.54, 1.807) is 0 Å². The molecule has 0 spiro atoms. The van der Waals surface area contributed by atoms with E-state index in [0.717, 1.165) is 18.5 Å². The van der Waals surface area contributed by atoms with Gasteiger partial charge in [-0.3, -0.25) is 4.99 Å². The monoisotopic (exact) mass is 239 g/mol. The largest absolute Gasteiger partial charge is 0.257 e. The highest BCUT2D eigenvalue weighted by Crippen LogP contribution is 2.26. The highest BCUT2D eigenvalue weighted by molar-refractivity contribution is 5.96. The lowest BCUT2D eigenvalue weighted by Crippen LogP contribution is -1.96. The van der Waals surface area contributed by atoms with Crippen molar-refractivity contribution in [2.45, 2.75) is 39.5 Å². The minimum absolute atomic E-state index is 1.11. The summed E-state index contributed by atoms with van der Waals surface area (Å²) in [6, 6.07) is 14.8. The predicted octanol–water partition coefficient (Wildman–Crippen LogP) is 5.51. The van der Waals surface area contributed by atoms with Crippen molar-refractivity contribution >= 4 is 22.2 Å². The highest BCUT2D eigenvalue weighted by atomic mass is 14.7. The minimum Gasteiger partial charge on any atom is -0.257 e. The Bertz CT molecular complexity index is 527. The van der Waals surface area contributed by atoms with E-state index < -0.39 is 0 Å². The molecule has 0 saturated heterocycles. The maximum absolute atomic E-state index is 4.88. The first kappa shape index (κ1) is 12.8. The van der Waals surface area contributed by atoms with Crippen LogP contribution in [0.25, 0.3) is 10.8 Å². The van der Waals surface area contributed by atoms with E-state index in [4.69, 9.17) is 4.99 Å². The second-order valence-corrected chi connectivity index (χ2v) is 4.68. The number of fused-ring (bicyclic) bond motifs is 1. The molecular formula is C17H21N. The molecule has 0 aromatic heterocycles. The van der Waals surface area contributed by atoms with Gasteiger partial charge in [0.1, 0.15) is 0 Å². The van der Waals surface area contributed by atoms with Gasteiger partial charge in [0.2, 0.25) is 0 Å². The van der Waals surface area contributed by atoms with Crippen LogP contribution in [0.3, 0.4) is 0 Å². The van der Waals surface area contributed by atoms with E-state index in [1.165, 1.54) is 29.3 Å². The van der Waals surface area contributed by atoms with Crippen molar-refractivity contribution in [1.29, 1.82) is 0 Å². The number of benzene rings is 2. The van der Waals surface area contributed by atoms with E-state index >= 15 is 0 Å². The van der Waals surface area contributed by atoms with Crippen LogP contribution in [0.2, 0.25) is 0 Å². The molecule has 2 aromatic carbocycles. The van der Waals surface area contributed by atoms with Crippen molar-refractivity contribution in [1.82, 2.24) is 0 Å². The summed E-state index contributed by atoms with van der Waals surface area (Å²) in [7, 11) is 0. The summed E-state index contributed by atoms with van der Waals surface area (Å²) < 4.78 is 0. The molecule has 1 nitrogen and oxygen atoms in total. The third-order valence-corrected chi connectivity index (χ3v) is 3.12. The lowest BCUT2D eigenvalue weighted by Gasteiger charge is -2.06. The Kier molecular flexibility index (Phi) is 4.52. The second-order valence-electron chi connectivity index (χ2n) is 4.68. The maximum Gasteiger partial charge on any atom is 0.0707 e. The van der Waals surface area contributed by atoms with E-state index in [9.17, 15) is 0 Å². The molecular weight excluding hydrogens is 218 g/mol. The van der Waals surface area contributed by atoms with Crippen molar-refractivity contribution < 1.29 is 0 Å². The maximum atomic E-state index is 4.88. The van der Waals surface area contributed by atoms with Crippen LogP contribution in [-0.4, -0.2) is 5.71 Å². The number of rotatable bonds is 5. The van der Waals surface area contributed by atoms with Crippen LogP contribution in [0, 0.1) is 0 Å². The van der Waals surface area contributed by atoms with E-state index in [0.29, 0.717) is 0 Å². The Hall–Kier alpha value is -1.63. The molecule has 94 valence electrons. The third kappa shape index (κ3) is 2.98. The quantitative estimate of drug-likeness (QED) is 0.610. The molecule has 0 bridgehead atoms. The smallest absolute Gasteiger partial charge is 0.0707 e. The molecule has 18 heavy (non-hydrogen) atoms. The van der Waals surface area contributed by atoms with Gasteiger partial charge in [-0.2, -0.15) is 0 Å². The van der Waals surface area contributed by atoms with Crippen molar-refractivity contribution in [2.24, 2.45) is 4.99 Å². The molecule has 0 saturated carbocycles. The zero-order valence-corrected chi connectivity index (χ0v) is 11.3. The molecule has 0 N–H and O–H groups in total. The second kappa shape index (κ2) is 6.34. The van der Waals surface area contributed by atoms with Gasteiger partial charge in [-0.1, -0.05) is 63.1 Å². The summed E-state index contributed by atoms with van der Waals surface area (Å²) in [5, 5.41) is 2.52. The van der Waals surface area contributed by atoms with Crippen LogP contribution < -0.4 is 0 Å². The fraction of sp³-hybridized carbons (Fsp3) is 0.353. The van der Waals surface area contributed by atoms with E-state index in [1.807, 2.05) is 0 Å². The van der Waals surface area contributed by atoms with Crippen LogP contribution in [0.1, 0.15) is 39.5 Å². The van der Waals surface area contributed by atoms with Crippen LogP contribution in [0.15, 0.2) is 47.5 Å². The average Bonchev–Trinajstić information content (AvgIpc) is 2.40. The Morgan fingerprint density at radius 1 is 0.889 bits per heavy atom. The van der Waals surface area contributed by atoms with Crippen molar-refractivity contribution in [3.8, 4) is 0 Å². The lowest BCUT2D eigenvalue weighted by molar-refractivity contribution is 0.915. The zero-order valence-electron chi connectivity index (χ0n) is 11.3. The fourth-order valence-electron chi connectivity index (χ4n) is 2.29. The standard InChI is InChI=1S/C17H21N/c1-3-8-15(9-4-2)18-17-13-7-11-14-10-5-6-12-16(14)17/h5-7,10-13H,3-4,8-9H2,1-2H3. The molecule has 0 aliphatic rings. The Morgan fingerprint density at radius 2 is 1.56 bits per heavy atom. The topological polar surface area (TPSA) is 12.4 Å².